The summed E-state index contributed by atoms with van der Waals surface area (Å²) in [7, 11) is 0. The van der Waals surface area contributed by atoms with Crippen molar-refractivity contribution in [3.63, 3.8) is 0 Å². The minimum absolute atomic E-state index is 0.631. The van der Waals surface area contributed by atoms with Gasteiger partial charge in [0.15, 0.2) is 0 Å². The van der Waals surface area contributed by atoms with Crippen LogP contribution in [0.4, 0.5) is 5.82 Å². The molecule has 0 radical (unpaired) electrons. The first-order valence-electron chi connectivity index (χ1n) is 7.94. The van der Waals surface area contributed by atoms with Gasteiger partial charge in [0.05, 0.1) is 12.2 Å². The van der Waals surface area contributed by atoms with Crippen LogP contribution in [0, 0.1) is 12.8 Å². The Bertz CT molecular complexity index is 552. The number of hydrogen-bond acceptors (Lipinski definition) is 2. The van der Waals surface area contributed by atoms with Gasteiger partial charge in [-0.3, -0.25) is 0 Å². The van der Waals surface area contributed by atoms with Crippen molar-refractivity contribution < 1.29 is 0 Å². The molecule has 0 saturated heterocycles. The van der Waals surface area contributed by atoms with Crippen LogP contribution < -0.4 is 5.32 Å². The largest absolute Gasteiger partial charge is 0.370 e. The molecule has 1 heterocycles. The number of nitrogens with one attached hydrogen (secondary N) is 1. The van der Waals surface area contributed by atoms with E-state index in [0.29, 0.717) is 5.92 Å². The fraction of sp³-hybridized carbons (Fsp3) is 0.500. The van der Waals surface area contributed by atoms with Crippen molar-refractivity contribution in [2.75, 3.05) is 11.9 Å². The van der Waals surface area contributed by atoms with Gasteiger partial charge < -0.3 is 5.32 Å². The third kappa shape index (κ3) is 4.62. The fourth-order valence-electron chi connectivity index (χ4n) is 2.37. The summed E-state index contributed by atoms with van der Waals surface area (Å²) in [6.07, 6.45) is 2.15. The lowest BCUT2D eigenvalue weighted by molar-refractivity contribution is 0.609. The summed E-state index contributed by atoms with van der Waals surface area (Å²) in [5.74, 6) is 1.76. The third-order valence-electron chi connectivity index (χ3n) is 3.46. The molecular weight excluding hydrogens is 258 g/mol. The molecule has 1 aromatic carbocycles. The molecular formula is C18H27N3. The van der Waals surface area contributed by atoms with E-state index in [2.05, 4.69) is 68.0 Å². The standard InChI is InChI=1S/C18H27N3/c1-5-10-19-18-12-17(11-14(2)3)20-21(18)13-16-8-6-15(4)7-9-16/h6-9,12,14,19H,5,10-11,13H2,1-4H3. The molecule has 114 valence electrons. The lowest BCUT2D eigenvalue weighted by Gasteiger charge is -2.09. The Morgan fingerprint density at radius 2 is 1.90 bits per heavy atom. The molecule has 0 saturated carbocycles. The Kier molecular flexibility index (Phi) is 5.43. The first-order chi connectivity index (χ1) is 10.1. The van der Waals surface area contributed by atoms with E-state index in [4.69, 9.17) is 5.10 Å². The van der Waals surface area contributed by atoms with E-state index in [1.165, 1.54) is 16.8 Å². The SMILES string of the molecule is CCCNc1cc(CC(C)C)nn1Cc1ccc(C)cc1. The predicted molar refractivity (Wildman–Crippen MR) is 89.8 cm³/mol. The number of aryl methyl sites for hydroxylation is 1. The molecule has 0 amide bonds. The van der Waals surface area contributed by atoms with E-state index in [-0.39, 0.29) is 0 Å². The van der Waals surface area contributed by atoms with Crippen LogP contribution in [0.3, 0.4) is 0 Å². The van der Waals surface area contributed by atoms with Crippen LogP contribution in [0.5, 0.6) is 0 Å². The van der Waals surface area contributed by atoms with Gasteiger partial charge in [0.2, 0.25) is 0 Å². The molecule has 21 heavy (non-hydrogen) atoms. The molecule has 0 aliphatic carbocycles. The average molecular weight is 285 g/mol. The fourth-order valence-corrected chi connectivity index (χ4v) is 2.37. The van der Waals surface area contributed by atoms with Crippen LogP contribution in [0.1, 0.15) is 44.0 Å². The highest BCUT2D eigenvalue weighted by molar-refractivity contribution is 5.38. The van der Waals surface area contributed by atoms with E-state index < -0.39 is 0 Å². The van der Waals surface area contributed by atoms with Gasteiger partial charge in [-0.15, -0.1) is 0 Å². The minimum Gasteiger partial charge on any atom is -0.370 e. The quantitative estimate of drug-likeness (QED) is 0.823. The number of nitrogens with zero attached hydrogens (tertiary/aromatic N) is 2. The van der Waals surface area contributed by atoms with Crippen molar-refractivity contribution in [3.05, 3.63) is 47.2 Å². The zero-order valence-corrected chi connectivity index (χ0v) is 13.7. The molecule has 1 N–H and O–H groups in total. The zero-order chi connectivity index (χ0) is 15.2. The van der Waals surface area contributed by atoms with Crippen molar-refractivity contribution in [1.82, 2.24) is 9.78 Å². The summed E-state index contributed by atoms with van der Waals surface area (Å²) < 4.78 is 2.10. The first-order valence-corrected chi connectivity index (χ1v) is 7.94. The summed E-state index contributed by atoms with van der Waals surface area (Å²) in [5, 5.41) is 8.26. The number of benzene rings is 1. The number of aromatic nitrogens is 2. The molecule has 3 nitrogen and oxygen atoms in total. The van der Waals surface area contributed by atoms with Crippen molar-refractivity contribution in [2.45, 2.75) is 47.1 Å². The number of hydrogen-bond donors (Lipinski definition) is 1. The monoisotopic (exact) mass is 285 g/mol. The van der Waals surface area contributed by atoms with Gasteiger partial charge in [0.1, 0.15) is 5.82 Å². The Labute approximate surface area is 128 Å². The number of anilines is 1. The first kappa shape index (κ1) is 15.6. The Hall–Kier alpha value is -1.77. The van der Waals surface area contributed by atoms with Crippen LogP contribution in [0.15, 0.2) is 30.3 Å². The van der Waals surface area contributed by atoms with Gasteiger partial charge in [0, 0.05) is 12.6 Å². The average Bonchev–Trinajstić information content (AvgIpc) is 2.80. The summed E-state index contributed by atoms with van der Waals surface area (Å²) in [4.78, 5) is 0. The molecule has 0 fully saturated rings. The summed E-state index contributed by atoms with van der Waals surface area (Å²) in [5.41, 5.74) is 3.76. The van der Waals surface area contributed by atoms with Gasteiger partial charge in [-0.1, -0.05) is 50.6 Å². The second kappa shape index (κ2) is 7.30. The maximum atomic E-state index is 4.78. The van der Waals surface area contributed by atoms with Crippen molar-refractivity contribution in [1.29, 1.82) is 0 Å². The van der Waals surface area contributed by atoms with Gasteiger partial charge in [-0.25, -0.2) is 4.68 Å². The topological polar surface area (TPSA) is 29.9 Å². The molecule has 0 atom stereocenters. The molecule has 3 heteroatoms. The van der Waals surface area contributed by atoms with E-state index in [1.54, 1.807) is 0 Å². The van der Waals surface area contributed by atoms with Crippen molar-refractivity contribution in [3.8, 4) is 0 Å². The maximum Gasteiger partial charge on any atom is 0.124 e. The minimum atomic E-state index is 0.631. The van der Waals surface area contributed by atoms with Crippen molar-refractivity contribution >= 4 is 5.82 Å². The lowest BCUT2D eigenvalue weighted by Crippen LogP contribution is -2.09. The lowest BCUT2D eigenvalue weighted by atomic mass is 10.1. The molecule has 0 spiro atoms. The summed E-state index contributed by atoms with van der Waals surface area (Å²) >= 11 is 0. The number of rotatable bonds is 7. The molecule has 0 aliphatic heterocycles. The van der Waals surface area contributed by atoms with E-state index in [1.807, 2.05) is 0 Å². The van der Waals surface area contributed by atoms with E-state index >= 15 is 0 Å². The predicted octanol–water partition coefficient (Wildman–Crippen LogP) is 4.26. The van der Waals surface area contributed by atoms with E-state index in [9.17, 15) is 0 Å². The second-order valence-corrected chi connectivity index (χ2v) is 6.19. The zero-order valence-electron chi connectivity index (χ0n) is 13.7. The van der Waals surface area contributed by atoms with Gasteiger partial charge in [0.25, 0.3) is 0 Å². The van der Waals surface area contributed by atoms with Crippen LogP contribution in [-0.2, 0) is 13.0 Å². The highest BCUT2D eigenvalue weighted by atomic mass is 15.3. The van der Waals surface area contributed by atoms with Crippen molar-refractivity contribution in [2.24, 2.45) is 5.92 Å². The molecule has 2 aromatic rings. The van der Waals surface area contributed by atoms with E-state index in [0.717, 1.165) is 31.7 Å². The molecule has 0 bridgehead atoms. The highest BCUT2D eigenvalue weighted by Crippen LogP contribution is 2.16. The normalized spacial score (nSPS) is 11.1. The summed E-state index contributed by atoms with van der Waals surface area (Å²) in [6, 6.07) is 10.9. The van der Waals surface area contributed by atoms with Gasteiger partial charge >= 0.3 is 0 Å². The second-order valence-electron chi connectivity index (χ2n) is 6.19. The molecule has 2 rings (SSSR count). The van der Waals surface area contributed by atoms with Crippen LogP contribution in [-0.4, -0.2) is 16.3 Å². The van der Waals surface area contributed by atoms with Gasteiger partial charge in [-0.05, 0) is 31.2 Å². The van der Waals surface area contributed by atoms with Crippen LogP contribution in [0.2, 0.25) is 0 Å². The molecule has 1 aromatic heterocycles. The third-order valence-corrected chi connectivity index (χ3v) is 3.46. The van der Waals surface area contributed by atoms with Crippen LogP contribution >= 0.6 is 0 Å². The molecule has 0 unspecified atom stereocenters. The highest BCUT2D eigenvalue weighted by Gasteiger charge is 2.09. The Morgan fingerprint density at radius 1 is 1.19 bits per heavy atom. The Balaban J connectivity index is 2.18. The van der Waals surface area contributed by atoms with Crippen LogP contribution in [0.25, 0.3) is 0 Å². The maximum absolute atomic E-state index is 4.78. The summed E-state index contributed by atoms with van der Waals surface area (Å²) in [6.45, 7) is 10.6. The smallest absolute Gasteiger partial charge is 0.124 e. The van der Waals surface area contributed by atoms with Gasteiger partial charge in [-0.2, -0.15) is 5.10 Å². The Morgan fingerprint density at radius 3 is 2.52 bits per heavy atom. The molecule has 0 aliphatic rings.